The van der Waals surface area contributed by atoms with Crippen molar-refractivity contribution in [1.82, 2.24) is 14.9 Å². The van der Waals surface area contributed by atoms with Crippen LogP contribution in [0.15, 0.2) is 23.2 Å². The Kier molecular flexibility index (Phi) is 9.99. The van der Waals surface area contributed by atoms with Gasteiger partial charge in [0.25, 0.3) is 0 Å². The molecule has 0 atom stereocenters. The Bertz CT molecular complexity index is 760. The summed E-state index contributed by atoms with van der Waals surface area (Å²) >= 11 is 0. The molecule has 1 aliphatic rings. The standard InChI is InChI=1S/C19H33N5O2S.HI/c1-6-27(25,26)24-11-9-17(10-12-24)22-19(20-3)21-14-16-7-8-18(23(4)5)13-15(16)2;/h7-8,13,17H,6,9-12,14H2,1-5H3,(H2,20,21,22);1H. The molecule has 28 heavy (non-hydrogen) atoms. The average molecular weight is 523 g/mol. The van der Waals surface area contributed by atoms with E-state index >= 15 is 0 Å². The highest BCUT2D eigenvalue weighted by Gasteiger charge is 2.26. The maximum atomic E-state index is 12.0. The number of guanidine groups is 1. The molecule has 0 radical (unpaired) electrons. The first-order valence-electron chi connectivity index (χ1n) is 9.48. The zero-order valence-corrected chi connectivity index (χ0v) is 20.7. The summed E-state index contributed by atoms with van der Waals surface area (Å²) < 4.78 is 25.5. The summed E-state index contributed by atoms with van der Waals surface area (Å²) in [7, 11) is 2.75. The summed E-state index contributed by atoms with van der Waals surface area (Å²) in [4.78, 5) is 6.40. The first-order chi connectivity index (χ1) is 12.8. The van der Waals surface area contributed by atoms with Crippen molar-refractivity contribution < 1.29 is 8.42 Å². The molecule has 0 saturated carbocycles. The predicted octanol–water partition coefficient (Wildman–Crippen LogP) is 2.16. The number of piperidine rings is 1. The van der Waals surface area contributed by atoms with Crippen LogP contribution in [0, 0.1) is 6.92 Å². The molecule has 0 spiro atoms. The minimum atomic E-state index is -3.08. The molecule has 0 amide bonds. The summed E-state index contributed by atoms with van der Waals surface area (Å²) in [6.07, 6.45) is 1.58. The fraction of sp³-hybridized carbons (Fsp3) is 0.632. The molecule has 0 bridgehead atoms. The lowest BCUT2D eigenvalue weighted by molar-refractivity contribution is 0.306. The van der Waals surface area contributed by atoms with Crippen molar-refractivity contribution in [3.05, 3.63) is 29.3 Å². The molecule has 1 aromatic carbocycles. The number of hydrogen-bond acceptors (Lipinski definition) is 4. The third kappa shape index (κ3) is 6.77. The fourth-order valence-corrected chi connectivity index (χ4v) is 4.32. The zero-order chi connectivity index (χ0) is 20.0. The molecule has 0 unspecified atom stereocenters. The molecule has 9 heteroatoms. The molecule has 0 aromatic heterocycles. The van der Waals surface area contributed by atoms with Gasteiger partial charge < -0.3 is 15.5 Å². The average Bonchev–Trinajstić information content (AvgIpc) is 2.66. The van der Waals surface area contributed by atoms with E-state index in [1.54, 1.807) is 18.3 Å². The number of nitrogens with one attached hydrogen (secondary N) is 2. The van der Waals surface area contributed by atoms with E-state index in [-0.39, 0.29) is 35.8 Å². The van der Waals surface area contributed by atoms with Gasteiger partial charge in [0.15, 0.2) is 5.96 Å². The van der Waals surface area contributed by atoms with Crippen molar-refractivity contribution in [2.45, 2.75) is 39.3 Å². The van der Waals surface area contributed by atoms with Crippen LogP contribution >= 0.6 is 24.0 Å². The van der Waals surface area contributed by atoms with Crippen LogP contribution in [0.5, 0.6) is 0 Å². The van der Waals surface area contributed by atoms with E-state index in [0.29, 0.717) is 19.6 Å². The maximum absolute atomic E-state index is 12.0. The van der Waals surface area contributed by atoms with Crippen LogP contribution in [0.25, 0.3) is 0 Å². The number of benzene rings is 1. The Morgan fingerprint density at radius 1 is 1.29 bits per heavy atom. The summed E-state index contributed by atoms with van der Waals surface area (Å²) in [5.41, 5.74) is 3.65. The van der Waals surface area contributed by atoms with Crippen molar-refractivity contribution in [3.63, 3.8) is 0 Å². The predicted molar refractivity (Wildman–Crippen MR) is 128 cm³/mol. The molecular formula is C19H34IN5O2S. The minimum Gasteiger partial charge on any atom is -0.378 e. The molecule has 2 rings (SSSR count). The minimum absolute atomic E-state index is 0. The van der Waals surface area contributed by atoms with Crippen LogP contribution in [-0.4, -0.2) is 64.7 Å². The molecule has 1 aromatic rings. The molecule has 1 fully saturated rings. The van der Waals surface area contributed by atoms with Crippen LogP contribution in [0.3, 0.4) is 0 Å². The lowest BCUT2D eigenvalue weighted by atomic mass is 10.1. The summed E-state index contributed by atoms with van der Waals surface area (Å²) in [5, 5.41) is 6.79. The van der Waals surface area contributed by atoms with E-state index in [2.05, 4.69) is 45.6 Å². The maximum Gasteiger partial charge on any atom is 0.213 e. The fourth-order valence-electron chi connectivity index (χ4n) is 3.18. The van der Waals surface area contributed by atoms with Gasteiger partial charge in [-0.15, -0.1) is 24.0 Å². The van der Waals surface area contributed by atoms with E-state index in [9.17, 15) is 8.42 Å². The third-order valence-corrected chi connectivity index (χ3v) is 6.95. The highest BCUT2D eigenvalue weighted by molar-refractivity contribution is 14.0. The normalized spacial score (nSPS) is 16.4. The number of sulfonamides is 1. The van der Waals surface area contributed by atoms with E-state index in [1.165, 1.54) is 16.8 Å². The SMILES string of the molecule is CCS(=O)(=O)N1CCC(NC(=NC)NCc2ccc(N(C)C)cc2C)CC1.I. The van der Waals surface area contributed by atoms with Gasteiger partial charge in [-0.05, 0) is 49.9 Å². The third-order valence-electron chi connectivity index (χ3n) is 5.07. The van der Waals surface area contributed by atoms with Crippen LogP contribution in [0.1, 0.15) is 30.9 Å². The monoisotopic (exact) mass is 523 g/mol. The van der Waals surface area contributed by atoms with Crippen LogP contribution in [0.4, 0.5) is 5.69 Å². The van der Waals surface area contributed by atoms with Crippen molar-refractivity contribution >= 4 is 45.6 Å². The van der Waals surface area contributed by atoms with Crippen molar-refractivity contribution in [2.24, 2.45) is 4.99 Å². The van der Waals surface area contributed by atoms with Crippen LogP contribution < -0.4 is 15.5 Å². The number of rotatable bonds is 6. The Labute approximate surface area is 187 Å². The van der Waals surface area contributed by atoms with E-state index in [1.807, 2.05) is 14.1 Å². The van der Waals surface area contributed by atoms with Crippen molar-refractivity contribution in [1.29, 1.82) is 0 Å². The largest absolute Gasteiger partial charge is 0.378 e. The number of aliphatic imine (C=N–C) groups is 1. The number of aryl methyl sites for hydroxylation is 1. The van der Waals surface area contributed by atoms with Gasteiger partial charge in [0.2, 0.25) is 10.0 Å². The summed E-state index contributed by atoms with van der Waals surface area (Å²) in [5.74, 6) is 0.920. The van der Waals surface area contributed by atoms with E-state index in [0.717, 1.165) is 18.8 Å². The van der Waals surface area contributed by atoms with E-state index in [4.69, 9.17) is 0 Å². The van der Waals surface area contributed by atoms with Gasteiger partial charge in [-0.3, -0.25) is 4.99 Å². The van der Waals surface area contributed by atoms with Crippen LogP contribution in [-0.2, 0) is 16.6 Å². The van der Waals surface area contributed by atoms with Crippen molar-refractivity contribution in [3.8, 4) is 0 Å². The first kappa shape index (κ1) is 25.0. The lowest BCUT2D eigenvalue weighted by Crippen LogP contribution is -2.49. The van der Waals surface area contributed by atoms with Gasteiger partial charge in [-0.25, -0.2) is 12.7 Å². The number of halogens is 1. The molecule has 0 aliphatic carbocycles. The van der Waals surface area contributed by atoms with Gasteiger partial charge in [0.1, 0.15) is 0 Å². The molecular weight excluding hydrogens is 489 g/mol. The summed E-state index contributed by atoms with van der Waals surface area (Å²) in [6.45, 7) is 5.64. The number of nitrogens with zero attached hydrogens (tertiary/aromatic N) is 3. The van der Waals surface area contributed by atoms with Gasteiger partial charge in [0.05, 0.1) is 5.75 Å². The van der Waals surface area contributed by atoms with Gasteiger partial charge in [0, 0.05) is 52.5 Å². The molecule has 1 heterocycles. The van der Waals surface area contributed by atoms with Gasteiger partial charge in [-0.1, -0.05) is 6.07 Å². The molecule has 1 aliphatic heterocycles. The lowest BCUT2D eigenvalue weighted by Gasteiger charge is -2.32. The topological polar surface area (TPSA) is 77.0 Å². The number of anilines is 1. The zero-order valence-electron chi connectivity index (χ0n) is 17.5. The summed E-state index contributed by atoms with van der Waals surface area (Å²) in [6, 6.07) is 6.66. The smallest absolute Gasteiger partial charge is 0.213 e. The van der Waals surface area contributed by atoms with Crippen LogP contribution in [0.2, 0.25) is 0 Å². The quantitative estimate of drug-likeness (QED) is 0.340. The first-order valence-corrected chi connectivity index (χ1v) is 11.1. The molecule has 2 N–H and O–H groups in total. The van der Waals surface area contributed by atoms with Gasteiger partial charge >= 0.3 is 0 Å². The molecule has 7 nitrogen and oxygen atoms in total. The molecule has 1 saturated heterocycles. The van der Waals surface area contributed by atoms with Crippen molar-refractivity contribution in [2.75, 3.05) is 44.9 Å². The Morgan fingerprint density at radius 3 is 2.43 bits per heavy atom. The van der Waals surface area contributed by atoms with E-state index < -0.39 is 10.0 Å². The highest BCUT2D eigenvalue weighted by atomic mass is 127. The second-order valence-corrected chi connectivity index (χ2v) is 9.41. The Balaban J connectivity index is 0.00000392. The second-order valence-electron chi connectivity index (χ2n) is 7.15. The van der Waals surface area contributed by atoms with Gasteiger partial charge in [-0.2, -0.15) is 0 Å². The molecule has 160 valence electrons. The Morgan fingerprint density at radius 2 is 1.93 bits per heavy atom. The second kappa shape index (κ2) is 11.2. The highest BCUT2D eigenvalue weighted by Crippen LogP contribution is 2.17. The Hall–Kier alpha value is -1.07. The number of hydrogen-bond donors (Lipinski definition) is 2.